The van der Waals surface area contributed by atoms with E-state index in [0.717, 1.165) is 0 Å². The molecule has 1 saturated heterocycles. The van der Waals surface area contributed by atoms with Crippen LogP contribution < -0.4 is 14.4 Å². The number of Topliss-reactive ketones (excluding diaryl/α,β-unsaturated/α-hetero) is 1. The van der Waals surface area contributed by atoms with Crippen LogP contribution in [0.15, 0.2) is 58.6 Å². The highest BCUT2D eigenvalue weighted by Crippen LogP contribution is 2.43. The Bertz CT molecular complexity index is 1230. The van der Waals surface area contributed by atoms with Gasteiger partial charge in [-0.25, -0.2) is 0 Å². The molecule has 2 aromatic carbocycles. The summed E-state index contributed by atoms with van der Waals surface area (Å²) in [7, 11) is 2.98. The van der Waals surface area contributed by atoms with Crippen LogP contribution in [0.5, 0.6) is 11.5 Å². The molecule has 4 rings (SSSR count). The fraction of sp³-hybridized carbons (Fsp3) is 0.174. The van der Waals surface area contributed by atoms with Crippen molar-refractivity contribution < 1.29 is 28.7 Å². The van der Waals surface area contributed by atoms with E-state index in [4.69, 9.17) is 25.6 Å². The first-order chi connectivity index (χ1) is 15.3. The number of carbonyl (C=O) groups is 2. The number of ether oxygens (including phenoxy) is 2. The number of methoxy groups -OCH3 is 2. The number of aryl methyl sites for hydroxylation is 1. The lowest BCUT2D eigenvalue weighted by Crippen LogP contribution is -2.29. The Morgan fingerprint density at radius 2 is 1.75 bits per heavy atom. The van der Waals surface area contributed by atoms with Crippen molar-refractivity contribution in [3.8, 4) is 11.5 Å². The van der Waals surface area contributed by atoms with Crippen molar-refractivity contribution in [1.29, 1.82) is 0 Å². The third-order valence-corrected chi connectivity index (χ3v) is 5.40. The van der Waals surface area contributed by atoms with Crippen LogP contribution in [-0.4, -0.2) is 36.2 Å². The highest BCUT2D eigenvalue weighted by molar-refractivity contribution is 6.51. The van der Waals surface area contributed by atoms with Gasteiger partial charge in [-0.15, -0.1) is 0 Å². The Balaban J connectivity index is 1.95. The van der Waals surface area contributed by atoms with Gasteiger partial charge in [-0.1, -0.05) is 22.8 Å². The second kappa shape index (κ2) is 8.39. The number of aliphatic hydroxyl groups excluding tert-OH is 1. The third-order valence-electron chi connectivity index (χ3n) is 5.15. The smallest absolute Gasteiger partial charge is 0.301 e. The van der Waals surface area contributed by atoms with E-state index < -0.39 is 17.7 Å². The van der Waals surface area contributed by atoms with Crippen molar-refractivity contribution in [2.75, 3.05) is 19.1 Å². The summed E-state index contributed by atoms with van der Waals surface area (Å²) < 4.78 is 15.8. The summed E-state index contributed by atoms with van der Waals surface area (Å²) >= 11 is 5.95. The van der Waals surface area contributed by atoms with Crippen molar-refractivity contribution in [1.82, 2.24) is 5.16 Å². The minimum absolute atomic E-state index is 0.0924. The number of amides is 1. The fourth-order valence-electron chi connectivity index (χ4n) is 3.64. The van der Waals surface area contributed by atoms with Gasteiger partial charge in [0.1, 0.15) is 11.5 Å². The molecule has 0 bridgehead atoms. The molecule has 0 spiro atoms. The van der Waals surface area contributed by atoms with Gasteiger partial charge in [0.05, 0.1) is 25.8 Å². The van der Waals surface area contributed by atoms with Crippen LogP contribution >= 0.6 is 11.6 Å². The number of hydrogen-bond donors (Lipinski definition) is 1. The van der Waals surface area contributed by atoms with Gasteiger partial charge in [0.15, 0.2) is 17.3 Å². The first-order valence-corrected chi connectivity index (χ1v) is 9.95. The molecule has 8 nitrogen and oxygen atoms in total. The zero-order valence-electron chi connectivity index (χ0n) is 17.5. The molecule has 1 N–H and O–H groups in total. The number of nitrogens with zero attached hydrogens (tertiary/aromatic N) is 2. The van der Waals surface area contributed by atoms with Gasteiger partial charge >= 0.3 is 5.91 Å². The van der Waals surface area contributed by atoms with Crippen LogP contribution in [0.1, 0.15) is 22.9 Å². The van der Waals surface area contributed by atoms with Crippen molar-refractivity contribution in [2.24, 2.45) is 0 Å². The number of halogens is 1. The molecule has 1 aromatic heterocycles. The average Bonchev–Trinajstić information content (AvgIpc) is 3.34. The monoisotopic (exact) mass is 454 g/mol. The number of benzene rings is 2. The number of aliphatic hydroxyl groups is 1. The minimum Gasteiger partial charge on any atom is -0.507 e. The van der Waals surface area contributed by atoms with Gasteiger partial charge in [0.2, 0.25) is 0 Å². The second-order valence-electron chi connectivity index (χ2n) is 7.09. The van der Waals surface area contributed by atoms with Gasteiger partial charge in [-0.3, -0.25) is 14.5 Å². The van der Waals surface area contributed by atoms with Crippen LogP contribution in [0.3, 0.4) is 0 Å². The van der Waals surface area contributed by atoms with Crippen molar-refractivity contribution in [3.05, 3.63) is 76.0 Å². The predicted molar refractivity (Wildman–Crippen MR) is 117 cm³/mol. The quantitative estimate of drug-likeness (QED) is 0.348. The maximum Gasteiger partial charge on any atom is 0.301 e. The van der Waals surface area contributed by atoms with Crippen LogP contribution in [0.25, 0.3) is 5.76 Å². The van der Waals surface area contributed by atoms with E-state index in [1.165, 1.54) is 19.1 Å². The molecule has 1 unspecified atom stereocenters. The highest BCUT2D eigenvalue weighted by atomic mass is 35.5. The highest BCUT2D eigenvalue weighted by Gasteiger charge is 2.48. The second-order valence-corrected chi connectivity index (χ2v) is 7.52. The van der Waals surface area contributed by atoms with Gasteiger partial charge < -0.3 is 19.1 Å². The standard InChI is InChI=1S/C23H19ClN2O6/c1-12-10-18(25-32-12)26-20(14-6-9-16(30-2)17(11-14)31-3)19(22(28)23(26)29)21(27)13-4-7-15(24)8-5-13/h4-11,20,27H,1-3H3/b21-19+. The van der Waals surface area contributed by atoms with E-state index in [2.05, 4.69) is 5.16 Å². The van der Waals surface area contributed by atoms with Crippen molar-refractivity contribution in [3.63, 3.8) is 0 Å². The lowest BCUT2D eigenvalue weighted by Gasteiger charge is -2.23. The maximum atomic E-state index is 13.1. The first-order valence-electron chi connectivity index (χ1n) is 9.58. The molecule has 164 valence electrons. The number of rotatable bonds is 5. The molecule has 2 heterocycles. The Hall–Kier alpha value is -3.78. The molecule has 1 aliphatic heterocycles. The van der Waals surface area contributed by atoms with E-state index in [9.17, 15) is 14.7 Å². The van der Waals surface area contributed by atoms with Gasteiger partial charge in [-0.05, 0) is 48.9 Å². The zero-order chi connectivity index (χ0) is 23.0. The Kier molecular flexibility index (Phi) is 5.63. The summed E-state index contributed by atoms with van der Waals surface area (Å²) in [6.07, 6.45) is 0. The molecule has 1 amide bonds. The fourth-order valence-corrected chi connectivity index (χ4v) is 3.76. The molecular weight excluding hydrogens is 436 g/mol. The Labute approximate surface area is 188 Å². The average molecular weight is 455 g/mol. The molecule has 3 aromatic rings. The lowest BCUT2D eigenvalue weighted by atomic mass is 9.95. The van der Waals surface area contributed by atoms with Crippen molar-refractivity contribution >= 4 is 34.9 Å². The van der Waals surface area contributed by atoms with Gasteiger partial charge in [0, 0.05) is 16.7 Å². The van der Waals surface area contributed by atoms with E-state index in [1.807, 2.05) is 0 Å². The molecule has 9 heteroatoms. The molecular formula is C23H19ClN2O6. The molecule has 0 aliphatic carbocycles. The molecule has 0 saturated carbocycles. The summed E-state index contributed by atoms with van der Waals surface area (Å²) in [5, 5.41) is 15.4. The number of carbonyl (C=O) groups excluding carboxylic acids is 2. The third kappa shape index (κ3) is 3.58. The Morgan fingerprint density at radius 1 is 1.06 bits per heavy atom. The molecule has 1 atom stereocenters. The normalized spacial score (nSPS) is 17.6. The largest absolute Gasteiger partial charge is 0.507 e. The number of ketones is 1. The SMILES string of the molecule is COc1ccc(C2/C(=C(\O)c3ccc(Cl)cc3)C(=O)C(=O)N2c2cc(C)on2)cc1OC. The molecule has 0 radical (unpaired) electrons. The van der Waals surface area contributed by atoms with Crippen molar-refractivity contribution in [2.45, 2.75) is 13.0 Å². The van der Waals surface area contributed by atoms with Crippen LogP contribution in [0, 0.1) is 6.92 Å². The van der Waals surface area contributed by atoms with Crippen LogP contribution in [0.2, 0.25) is 5.02 Å². The van der Waals surface area contributed by atoms with E-state index in [-0.39, 0.29) is 17.2 Å². The first kappa shape index (κ1) is 21.5. The number of anilines is 1. The van der Waals surface area contributed by atoms with Crippen LogP contribution in [-0.2, 0) is 9.59 Å². The van der Waals surface area contributed by atoms with E-state index >= 15 is 0 Å². The summed E-state index contributed by atoms with van der Waals surface area (Å²) in [6.45, 7) is 1.67. The number of hydrogen-bond acceptors (Lipinski definition) is 7. The number of aromatic nitrogens is 1. The topological polar surface area (TPSA) is 102 Å². The zero-order valence-corrected chi connectivity index (χ0v) is 18.2. The summed E-state index contributed by atoms with van der Waals surface area (Å²) in [6, 6.07) is 11.9. The summed E-state index contributed by atoms with van der Waals surface area (Å²) in [5.74, 6) is -0.527. The van der Waals surface area contributed by atoms with E-state index in [1.54, 1.807) is 55.5 Å². The molecule has 1 fully saturated rings. The lowest BCUT2D eigenvalue weighted by molar-refractivity contribution is -0.132. The van der Waals surface area contributed by atoms with E-state index in [0.29, 0.717) is 33.4 Å². The van der Waals surface area contributed by atoms with Crippen LogP contribution in [0.4, 0.5) is 5.82 Å². The summed E-state index contributed by atoms with van der Waals surface area (Å²) in [4.78, 5) is 27.3. The van der Waals surface area contributed by atoms with Gasteiger partial charge in [0.25, 0.3) is 5.78 Å². The molecule has 32 heavy (non-hydrogen) atoms. The molecule has 1 aliphatic rings. The predicted octanol–water partition coefficient (Wildman–Crippen LogP) is 4.28. The Morgan fingerprint density at radius 3 is 2.34 bits per heavy atom. The summed E-state index contributed by atoms with van der Waals surface area (Å²) in [5.41, 5.74) is 0.762. The maximum absolute atomic E-state index is 13.1. The minimum atomic E-state index is -0.977. The van der Waals surface area contributed by atoms with Gasteiger partial charge in [-0.2, -0.15) is 0 Å².